The van der Waals surface area contributed by atoms with Crippen LogP contribution in [0.3, 0.4) is 0 Å². The summed E-state index contributed by atoms with van der Waals surface area (Å²) in [6.07, 6.45) is 3.68. The summed E-state index contributed by atoms with van der Waals surface area (Å²) >= 11 is 0. The zero-order valence-electron chi connectivity index (χ0n) is 17.7. The predicted molar refractivity (Wildman–Crippen MR) is 122 cm³/mol. The predicted octanol–water partition coefficient (Wildman–Crippen LogP) is 4.35. The lowest BCUT2D eigenvalue weighted by atomic mass is 10.1. The number of methoxy groups -OCH3 is 1. The van der Waals surface area contributed by atoms with Gasteiger partial charge in [-0.2, -0.15) is 0 Å². The molecule has 0 heterocycles. The minimum Gasteiger partial charge on any atom is -0.495 e. The third-order valence-electron chi connectivity index (χ3n) is 5.80. The van der Waals surface area contributed by atoms with Crippen molar-refractivity contribution in [2.24, 2.45) is 0 Å². The van der Waals surface area contributed by atoms with Crippen molar-refractivity contribution in [3.8, 4) is 5.75 Å². The minimum atomic E-state index is -3.81. The molecule has 1 amide bonds. The molecule has 31 heavy (non-hydrogen) atoms. The molecule has 1 fully saturated rings. The van der Waals surface area contributed by atoms with Crippen LogP contribution in [0.15, 0.2) is 65.6 Å². The van der Waals surface area contributed by atoms with Gasteiger partial charge in [-0.05, 0) is 53.9 Å². The molecule has 162 valence electrons. The summed E-state index contributed by atoms with van der Waals surface area (Å²) in [5.74, 6) is -0.0781. The van der Waals surface area contributed by atoms with E-state index >= 15 is 0 Å². The van der Waals surface area contributed by atoms with Crippen LogP contribution in [0, 0.1) is 0 Å². The first-order valence-electron chi connectivity index (χ1n) is 10.4. The number of hydrogen-bond donors (Lipinski definition) is 1. The minimum absolute atomic E-state index is 0.0142. The number of amides is 1. The Bertz CT molecular complexity index is 1220. The van der Waals surface area contributed by atoms with Gasteiger partial charge in [-0.3, -0.25) is 4.79 Å². The van der Waals surface area contributed by atoms with Gasteiger partial charge in [0, 0.05) is 24.3 Å². The Morgan fingerprint density at radius 3 is 2.42 bits per heavy atom. The maximum atomic E-state index is 13.2. The molecule has 1 aliphatic carbocycles. The number of ether oxygens (including phenoxy) is 1. The maximum Gasteiger partial charge on any atom is 0.258 e. The second-order valence-electron chi connectivity index (χ2n) is 7.86. The summed E-state index contributed by atoms with van der Waals surface area (Å²) in [7, 11) is -0.702. The molecule has 0 unspecified atom stereocenters. The topological polar surface area (TPSA) is 75.7 Å². The average molecular weight is 439 g/mol. The molecule has 3 aromatic carbocycles. The first-order valence-corrected chi connectivity index (χ1v) is 11.8. The maximum absolute atomic E-state index is 13.2. The van der Waals surface area contributed by atoms with Gasteiger partial charge in [0.2, 0.25) is 10.0 Å². The van der Waals surface area contributed by atoms with Crippen molar-refractivity contribution in [3.63, 3.8) is 0 Å². The van der Waals surface area contributed by atoms with Crippen LogP contribution in [0.4, 0.5) is 5.69 Å². The van der Waals surface area contributed by atoms with Gasteiger partial charge in [0.05, 0.1) is 7.11 Å². The van der Waals surface area contributed by atoms with Crippen LogP contribution in [0.5, 0.6) is 5.75 Å². The van der Waals surface area contributed by atoms with E-state index in [0.717, 1.165) is 42.1 Å². The molecule has 0 saturated heterocycles. The van der Waals surface area contributed by atoms with E-state index in [1.807, 2.05) is 42.5 Å². The van der Waals surface area contributed by atoms with Gasteiger partial charge in [0.25, 0.3) is 5.91 Å². The fourth-order valence-corrected chi connectivity index (χ4v) is 5.54. The molecular weight excluding hydrogens is 412 g/mol. The summed E-state index contributed by atoms with van der Waals surface area (Å²) in [6.45, 7) is 0. The number of nitrogens with zero attached hydrogens (tertiary/aromatic N) is 1. The molecule has 7 heteroatoms. The Hall–Kier alpha value is -2.90. The lowest BCUT2D eigenvalue weighted by Gasteiger charge is -2.20. The lowest BCUT2D eigenvalue weighted by molar-refractivity contribution is 0.0993. The van der Waals surface area contributed by atoms with E-state index in [4.69, 9.17) is 4.74 Å². The fourth-order valence-electron chi connectivity index (χ4n) is 4.04. The van der Waals surface area contributed by atoms with E-state index in [-0.39, 0.29) is 28.2 Å². The molecule has 1 saturated carbocycles. The van der Waals surface area contributed by atoms with E-state index in [2.05, 4.69) is 4.72 Å². The second kappa shape index (κ2) is 8.69. The molecule has 0 spiro atoms. The highest BCUT2D eigenvalue weighted by atomic mass is 32.2. The number of benzene rings is 3. The van der Waals surface area contributed by atoms with Gasteiger partial charge in [0.15, 0.2) is 0 Å². The van der Waals surface area contributed by atoms with Gasteiger partial charge < -0.3 is 9.64 Å². The van der Waals surface area contributed by atoms with Crippen LogP contribution >= 0.6 is 0 Å². The van der Waals surface area contributed by atoms with E-state index < -0.39 is 10.0 Å². The molecule has 1 aliphatic rings. The Morgan fingerprint density at radius 1 is 1.00 bits per heavy atom. The molecule has 3 aromatic rings. The number of carbonyl (C=O) groups is 1. The number of anilines is 1. The van der Waals surface area contributed by atoms with Crippen molar-refractivity contribution in [2.75, 3.05) is 19.1 Å². The van der Waals surface area contributed by atoms with E-state index in [1.54, 1.807) is 13.1 Å². The highest BCUT2D eigenvalue weighted by Crippen LogP contribution is 2.29. The van der Waals surface area contributed by atoms with Gasteiger partial charge >= 0.3 is 0 Å². The molecule has 0 bridgehead atoms. The van der Waals surface area contributed by atoms with Gasteiger partial charge in [-0.25, -0.2) is 13.1 Å². The molecule has 0 radical (unpaired) electrons. The first kappa shape index (κ1) is 21.3. The third kappa shape index (κ3) is 4.43. The number of nitrogens with one attached hydrogen (secondary N) is 1. The second-order valence-corrected chi connectivity index (χ2v) is 9.55. The molecule has 0 aromatic heterocycles. The summed E-state index contributed by atoms with van der Waals surface area (Å²) in [5, 5.41) is 2.11. The van der Waals surface area contributed by atoms with Crippen molar-refractivity contribution in [2.45, 2.75) is 36.6 Å². The molecule has 1 N–H and O–H groups in total. The van der Waals surface area contributed by atoms with Crippen molar-refractivity contribution in [3.05, 3.63) is 66.2 Å². The molecule has 0 atom stereocenters. The Morgan fingerprint density at radius 2 is 1.71 bits per heavy atom. The van der Waals surface area contributed by atoms with Gasteiger partial charge in [-0.1, -0.05) is 43.2 Å². The van der Waals surface area contributed by atoms with Crippen LogP contribution in [0.2, 0.25) is 0 Å². The van der Waals surface area contributed by atoms with Crippen molar-refractivity contribution < 1.29 is 17.9 Å². The van der Waals surface area contributed by atoms with Crippen molar-refractivity contribution >= 4 is 32.4 Å². The monoisotopic (exact) mass is 438 g/mol. The summed E-state index contributed by atoms with van der Waals surface area (Å²) in [4.78, 5) is 14.7. The van der Waals surface area contributed by atoms with Gasteiger partial charge in [0.1, 0.15) is 10.6 Å². The first-order chi connectivity index (χ1) is 14.9. The van der Waals surface area contributed by atoms with Crippen molar-refractivity contribution in [1.82, 2.24) is 4.72 Å². The number of sulfonamides is 1. The van der Waals surface area contributed by atoms with E-state index in [0.29, 0.717) is 0 Å². The van der Waals surface area contributed by atoms with Crippen LogP contribution in [-0.4, -0.2) is 34.5 Å². The fraction of sp³-hybridized carbons (Fsp3) is 0.292. The summed E-state index contributed by atoms with van der Waals surface area (Å²) < 4.78 is 34.1. The zero-order valence-corrected chi connectivity index (χ0v) is 18.5. The molecule has 4 rings (SSSR count). The number of carbonyl (C=O) groups excluding carboxylic acids is 1. The summed E-state index contributed by atoms with van der Waals surface area (Å²) in [5.41, 5.74) is 1.01. The zero-order chi connectivity index (χ0) is 22.0. The van der Waals surface area contributed by atoms with Crippen LogP contribution < -0.4 is 14.4 Å². The Labute approximate surface area is 182 Å². The third-order valence-corrected chi connectivity index (χ3v) is 7.34. The summed E-state index contributed by atoms with van der Waals surface area (Å²) in [6, 6.07) is 18.1. The molecular formula is C24H26N2O4S. The normalized spacial score (nSPS) is 14.6. The van der Waals surface area contributed by atoms with Gasteiger partial charge in [-0.15, -0.1) is 0 Å². The Balaban J connectivity index is 1.65. The molecule has 6 nitrogen and oxygen atoms in total. The highest BCUT2D eigenvalue weighted by molar-refractivity contribution is 7.89. The SMILES string of the molecule is COc1ccc(C(=O)N(C)c2ccc3ccccc3c2)cc1S(=O)(=O)NC1CCCC1. The smallest absolute Gasteiger partial charge is 0.258 e. The quantitative estimate of drug-likeness (QED) is 0.621. The standard InChI is InChI=1S/C24H26N2O4S/c1-26(21-13-11-17-7-3-4-8-18(17)15-21)24(27)19-12-14-22(30-2)23(16-19)31(28,29)25-20-9-5-6-10-20/h3-4,7-8,11-16,20,25H,5-6,9-10H2,1-2H3. The van der Waals surface area contributed by atoms with Crippen LogP contribution in [0.25, 0.3) is 10.8 Å². The van der Waals surface area contributed by atoms with E-state index in [1.165, 1.54) is 24.1 Å². The van der Waals surface area contributed by atoms with Crippen LogP contribution in [0.1, 0.15) is 36.0 Å². The number of fused-ring (bicyclic) bond motifs is 1. The largest absolute Gasteiger partial charge is 0.495 e. The highest BCUT2D eigenvalue weighted by Gasteiger charge is 2.27. The number of hydrogen-bond acceptors (Lipinski definition) is 4. The van der Waals surface area contributed by atoms with Crippen LogP contribution in [-0.2, 0) is 10.0 Å². The average Bonchev–Trinajstić information content (AvgIpc) is 3.29. The van der Waals surface area contributed by atoms with E-state index in [9.17, 15) is 13.2 Å². The molecule has 0 aliphatic heterocycles. The lowest BCUT2D eigenvalue weighted by Crippen LogP contribution is -2.33. The Kier molecular flexibility index (Phi) is 5.98. The van der Waals surface area contributed by atoms with Crippen molar-refractivity contribution in [1.29, 1.82) is 0 Å². The number of rotatable bonds is 6.